The highest BCUT2D eigenvalue weighted by atomic mass is 19.4. The number of halogens is 3. The van der Waals surface area contributed by atoms with E-state index in [1.165, 1.54) is 0 Å². The van der Waals surface area contributed by atoms with Crippen LogP contribution in [0.1, 0.15) is 16.8 Å². The van der Waals surface area contributed by atoms with Gasteiger partial charge in [0, 0.05) is 46.3 Å². The van der Waals surface area contributed by atoms with E-state index in [4.69, 9.17) is 0 Å². The van der Waals surface area contributed by atoms with Crippen molar-refractivity contribution in [1.29, 1.82) is 0 Å². The van der Waals surface area contributed by atoms with Crippen molar-refractivity contribution in [3.63, 3.8) is 0 Å². The van der Waals surface area contributed by atoms with E-state index in [9.17, 15) is 13.2 Å². The van der Waals surface area contributed by atoms with Crippen molar-refractivity contribution in [1.82, 2.24) is 24.8 Å². The molecular weight excluding hydrogens is 319 g/mol. The van der Waals surface area contributed by atoms with Crippen LogP contribution in [0.25, 0.3) is 0 Å². The van der Waals surface area contributed by atoms with E-state index >= 15 is 0 Å². The number of hydrogen-bond acceptors (Lipinski definition) is 4. The van der Waals surface area contributed by atoms with E-state index in [0.29, 0.717) is 6.54 Å². The summed E-state index contributed by atoms with van der Waals surface area (Å²) in [5.74, 6) is 0. The van der Waals surface area contributed by atoms with Crippen LogP contribution >= 0.6 is 0 Å². The highest BCUT2D eigenvalue weighted by Crippen LogP contribution is 2.29. The van der Waals surface area contributed by atoms with Gasteiger partial charge in [-0.05, 0) is 17.7 Å². The summed E-state index contributed by atoms with van der Waals surface area (Å²) in [4.78, 5) is 4.60. The lowest BCUT2D eigenvalue weighted by atomic mass is 10.1. The van der Waals surface area contributed by atoms with Gasteiger partial charge in [0.2, 0.25) is 0 Å². The molecule has 1 aromatic carbocycles. The molecule has 5 nitrogen and oxygen atoms in total. The third-order valence-electron chi connectivity index (χ3n) is 4.35. The molecule has 0 amide bonds. The van der Waals surface area contributed by atoms with Crippen molar-refractivity contribution in [2.24, 2.45) is 7.05 Å². The van der Waals surface area contributed by atoms with Crippen molar-refractivity contribution in [3.8, 4) is 0 Å². The Hall–Kier alpha value is -1.93. The van der Waals surface area contributed by atoms with E-state index in [-0.39, 0.29) is 0 Å². The molecule has 2 heterocycles. The fourth-order valence-corrected chi connectivity index (χ4v) is 2.85. The van der Waals surface area contributed by atoms with E-state index in [0.717, 1.165) is 56.1 Å². The number of benzene rings is 1. The molecule has 0 aliphatic carbocycles. The van der Waals surface area contributed by atoms with Crippen LogP contribution in [0.15, 0.2) is 30.5 Å². The number of aromatic nitrogens is 3. The lowest BCUT2D eigenvalue weighted by Gasteiger charge is -2.34. The average molecular weight is 339 g/mol. The van der Waals surface area contributed by atoms with E-state index in [2.05, 4.69) is 20.1 Å². The second-order valence-corrected chi connectivity index (χ2v) is 6.10. The van der Waals surface area contributed by atoms with Gasteiger partial charge in [0.15, 0.2) is 0 Å². The van der Waals surface area contributed by atoms with E-state index in [1.54, 1.807) is 23.0 Å². The Kier molecular flexibility index (Phi) is 4.86. The Bertz CT molecular complexity index is 657. The Morgan fingerprint density at radius 3 is 2.04 bits per heavy atom. The SMILES string of the molecule is Cn1nncc1CN1CCN(Cc2ccc(C(F)(F)F)cc2)CC1. The molecule has 130 valence electrons. The summed E-state index contributed by atoms with van der Waals surface area (Å²) in [5, 5.41) is 7.80. The maximum atomic E-state index is 12.6. The molecule has 1 aromatic heterocycles. The second-order valence-electron chi connectivity index (χ2n) is 6.10. The minimum absolute atomic E-state index is 0.596. The molecule has 24 heavy (non-hydrogen) atoms. The maximum Gasteiger partial charge on any atom is 0.416 e. The molecule has 0 radical (unpaired) electrons. The van der Waals surface area contributed by atoms with Gasteiger partial charge in [0.1, 0.15) is 0 Å². The Morgan fingerprint density at radius 2 is 1.54 bits per heavy atom. The fourth-order valence-electron chi connectivity index (χ4n) is 2.85. The summed E-state index contributed by atoms with van der Waals surface area (Å²) in [6.45, 7) is 5.13. The first kappa shape index (κ1) is 16.9. The van der Waals surface area contributed by atoms with Gasteiger partial charge >= 0.3 is 6.18 Å². The number of hydrogen-bond donors (Lipinski definition) is 0. The molecule has 1 saturated heterocycles. The van der Waals surface area contributed by atoms with Crippen molar-refractivity contribution in [3.05, 3.63) is 47.3 Å². The second kappa shape index (κ2) is 6.90. The minimum atomic E-state index is -4.27. The van der Waals surface area contributed by atoms with Crippen LogP contribution in [0.4, 0.5) is 13.2 Å². The van der Waals surface area contributed by atoms with Crippen LogP contribution in [0.5, 0.6) is 0 Å². The summed E-state index contributed by atoms with van der Waals surface area (Å²) in [5.41, 5.74) is 1.39. The summed E-state index contributed by atoms with van der Waals surface area (Å²) in [7, 11) is 1.88. The van der Waals surface area contributed by atoms with Gasteiger partial charge < -0.3 is 0 Å². The van der Waals surface area contributed by atoms with Gasteiger partial charge in [-0.1, -0.05) is 17.3 Å². The Labute approximate surface area is 138 Å². The monoisotopic (exact) mass is 339 g/mol. The number of alkyl halides is 3. The van der Waals surface area contributed by atoms with Crippen molar-refractivity contribution < 1.29 is 13.2 Å². The number of aryl methyl sites for hydroxylation is 1. The molecule has 2 aromatic rings. The molecule has 3 rings (SSSR count). The first-order valence-electron chi connectivity index (χ1n) is 7.86. The predicted octanol–water partition coefficient (Wildman–Crippen LogP) is 2.15. The number of rotatable bonds is 4. The molecule has 1 fully saturated rings. The normalized spacial score (nSPS) is 17.3. The number of piperazine rings is 1. The summed E-state index contributed by atoms with van der Waals surface area (Å²) in [6.07, 6.45) is -2.50. The lowest BCUT2D eigenvalue weighted by molar-refractivity contribution is -0.137. The molecule has 8 heteroatoms. The topological polar surface area (TPSA) is 37.2 Å². The molecule has 0 atom stereocenters. The first-order valence-corrected chi connectivity index (χ1v) is 7.86. The molecular formula is C16H20F3N5. The van der Waals surface area contributed by atoms with Crippen LogP contribution in [0.3, 0.4) is 0 Å². The van der Waals surface area contributed by atoms with Crippen LogP contribution in [0.2, 0.25) is 0 Å². The van der Waals surface area contributed by atoms with Crippen molar-refractivity contribution >= 4 is 0 Å². The van der Waals surface area contributed by atoms with Crippen molar-refractivity contribution in [2.75, 3.05) is 26.2 Å². The zero-order chi connectivity index (χ0) is 17.2. The molecule has 0 bridgehead atoms. The maximum absolute atomic E-state index is 12.6. The van der Waals surface area contributed by atoms with Gasteiger partial charge in [-0.15, -0.1) is 5.10 Å². The standard InChI is InChI=1S/C16H20F3N5/c1-22-15(10-20-21-22)12-24-8-6-23(7-9-24)11-13-2-4-14(5-3-13)16(17,18)19/h2-5,10H,6-9,11-12H2,1H3. The van der Waals surface area contributed by atoms with Gasteiger partial charge in [-0.2, -0.15) is 13.2 Å². The minimum Gasteiger partial charge on any atom is -0.297 e. The zero-order valence-corrected chi connectivity index (χ0v) is 13.5. The lowest BCUT2D eigenvalue weighted by Crippen LogP contribution is -2.45. The Balaban J connectivity index is 1.49. The average Bonchev–Trinajstić information content (AvgIpc) is 2.94. The quantitative estimate of drug-likeness (QED) is 0.855. The largest absolute Gasteiger partial charge is 0.416 e. The summed E-state index contributed by atoms with van der Waals surface area (Å²) in [6, 6.07) is 5.44. The van der Waals surface area contributed by atoms with Gasteiger partial charge in [-0.25, -0.2) is 0 Å². The molecule has 0 unspecified atom stereocenters. The molecule has 1 aliphatic rings. The fraction of sp³-hybridized carbons (Fsp3) is 0.500. The van der Waals surface area contributed by atoms with Crippen molar-refractivity contribution in [2.45, 2.75) is 19.3 Å². The molecule has 0 spiro atoms. The van der Waals surface area contributed by atoms with Crippen LogP contribution < -0.4 is 0 Å². The Morgan fingerprint density at radius 1 is 0.958 bits per heavy atom. The third kappa shape index (κ3) is 4.12. The van der Waals surface area contributed by atoms with Gasteiger partial charge in [-0.3, -0.25) is 14.5 Å². The predicted molar refractivity (Wildman–Crippen MR) is 83.0 cm³/mol. The molecule has 0 N–H and O–H groups in total. The number of nitrogens with zero attached hydrogens (tertiary/aromatic N) is 5. The van der Waals surface area contributed by atoms with Gasteiger partial charge in [0.25, 0.3) is 0 Å². The molecule has 1 aliphatic heterocycles. The zero-order valence-electron chi connectivity index (χ0n) is 13.5. The van der Waals surface area contributed by atoms with Crippen LogP contribution in [-0.2, 0) is 26.3 Å². The first-order chi connectivity index (χ1) is 11.4. The highest BCUT2D eigenvalue weighted by Gasteiger charge is 2.30. The van der Waals surface area contributed by atoms with E-state index < -0.39 is 11.7 Å². The smallest absolute Gasteiger partial charge is 0.297 e. The highest BCUT2D eigenvalue weighted by molar-refractivity contribution is 5.24. The van der Waals surface area contributed by atoms with Crippen LogP contribution in [0, 0.1) is 0 Å². The van der Waals surface area contributed by atoms with Crippen LogP contribution in [-0.4, -0.2) is 51.0 Å². The van der Waals surface area contributed by atoms with E-state index in [1.807, 2.05) is 7.05 Å². The summed E-state index contributed by atoms with van der Waals surface area (Å²) < 4.78 is 39.5. The van der Waals surface area contributed by atoms with Gasteiger partial charge in [0.05, 0.1) is 17.5 Å². The molecule has 0 saturated carbocycles. The third-order valence-corrected chi connectivity index (χ3v) is 4.35. The summed E-state index contributed by atoms with van der Waals surface area (Å²) >= 11 is 0.